The quantitative estimate of drug-likeness (QED) is 0.883. The molecule has 2 unspecified atom stereocenters. The van der Waals surface area contributed by atoms with Crippen LogP contribution in [0.15, 0.2) is 30.7 Å². The van der Waals surface area contributed by atoms with Crippen molar-refractivity contribution >= 4 is 10.0 Å². The number of H-pyrrole nitrogens is 1. The standard InChI is InChI=1S/C15H16F3N3O2S/c16-15(17,18)14(24(19,22)23)12-6-2-3-9-10(12)4-1-5-11(9)13-7-20-8-21-13/h2-3,6-8,11,14H,1,4-5H2,(H,20,21)(H2,19,22,23). The van der Waals surface area contributed by atoms with E-state index < -0.39 is 21.4 Å². The van der Waals surface area contributed by atoms with Crippen molar-refractivity contribution in [3.05, 3.63) is 53.1 Å². The summed E-state index contributed by atoms with van der Waals surface area (Å²) in [5, 5.41) is 2.19. The van der Waals surface area contributed by atoms with Gasteiger partial charge in [0.15, 0.2) is 5.25 Å². The number of nitrogens with two attached hydrogens (primary N) is 1. The van der Waals surface area contributed by atoms with Gasteiger partial charge in [-0.1, -0.05) is 18.2 Å². The number of nitrogens with zero attached hydrogens (tertiary/aromatic N) is 1. The maximum Gasteiger partial charge on any atom is 0.410 e. The van der Waals surface area contributed by atoms with E-state index in [0.29, 0.717) is 24.0 Å². The summed E-state index contributed by atoms with van der Waals surface area (Å²) in [7, 11) is -4.83. The molecule has 130 valence electrons. The molecule has 3 rings (SSSR count). The summed E-state index contributed by atoms with van der Waals surface area (Å²) in [6.07, 6.45) is -0.0286. The first-order valence-electron chi connectivity index (χ1n) is 7.38. The minimum atomic E-state index is -4.97. The van der Waals surface area contributed by atoms with Crippen LogP contribution in [-0.2, 0) is 16.4 Å². The first-order valence-corrected chi connectivity index (χ1v) is 8.99. The van der Waals surface area contributed by atoms with Gasteiger partial charge in [-0.05, 0) is 36.0 Å². The second-order valence-corrected chi connectivity index (χ2v) is 7.53. The van der Waals surface area contributed by atoms with Crippen LogP contribution >= 0.6 is 0 Å². The molecule has 24 heavy (non-hydrogen) atoms. The molecule has 0 spiro atoms. The Morgan fingerprint density at radius 3 is 2.67 bits per heavy atom. The zero-order chi connectivity index (χ0) is 17.5. The molecule has 0 saturated carbocycles. The monoisotopic (exact) mass is 359 g/mol. The summed E-state index contributed by atoms with van der Waals surface area (Å²) in [6.45, 7) is 0. The second-order valence-electron chi connectivity index (χ2n) is 5.88. The molecule has 3 N–H and O–H groups in total. The maximum atomic E-state index is 13.4. The average Bonchev–Trinajstić information content (AvgIpc) is 2.98. The number of benzene rings is 1. The van der Waals surface area contributed by atoms with E-state index in [0.717, 1.165) is 12.1 Å². The van der Waals surface area contributed by atoms with Crippen molar-refractivity contribution in [2.45, 2.75) is 36.6 Å². The van der Waals surface area contributed by atoms with Gasteiger partial charge in [-0.2, -0.15) is 13.2 Å². The number of halogens is 3. The number of aromatic nitrogens is 2. The Labute approximate surface area is 137 Å². The van der Waals surface area contributed by atoms with Gasteiger partial charge in [-0.3, -0.25) is 0 Å². The number of hydrogen-bond acceptors (Lipinski definition) is 3. The Balaban J connectivity index is 2.17. The lowest BCUT2D eigenvalue weighted by Crippen LogP contribution is -2.34. The first kappa shape index (κ1) is 17.0. The number of sulfonamides is 1. The number of rotatable bonds is 3. The van der Waals surface area contributed by atoms with Crippen LogP contribution in [0, 0.1) is 0 Å². The van der Waals surface area contributed by atoms with Gasteiger partial charge in [-0.25, -0.2) is 18.5 Å². The van der Waals surface area contributed by atoms with Crippen LogP contribution in [0.5, 0.6) is 0 Å². The lowest BCUT2D eigenvalue weighted by atomic mass is 9.79. The van der Waals surface area contributed by atoms with Crippen molar-refractivity contribution in [3.8, 4) is 0 Å². The first-order chi connectivity index (χ1) is 11.2. The van der Waals surface area contributed by atoms with Crippen molar-refractivity contribution in [1.29, 1.82) is 0 Å². The van der Waals surface area contributed by atoms with Crippen LogP contribution in [0.1, 0.15) is 46.4 Å². The van der Waals surface area contributed by atoms with Crippen LogP contribution in [0.25, 0.3) is 0 Å². The lowest BCUT2D eigenvalue weighted by Gasteiger charge is -2.29. The number of nitrogens with one attached hydrogen (secondary N) is 1. The molecule has 1 aromatic carbocycles. The highest BCUT2D eigenvalue weighted by molar-refractivity contribution is 7.89. The lowest BCUT2D eigenvalue weighted by molar-refractivity contribution is -0.131. The summed E-state index contributed by atoms with van der Waals surface area (Å²) in [6, 6.07) is 4.39. The van der Waals surface area contributed by atoms with E-state index in [4.69, 9.17) is 5.14 Å². The number of aromatic amines is 1. The molecule has 5 nitrogen and oxygen atoms in total. The van der Waals surface area contributed by atoms with Crippen LogP contribution in [0.2, 0.25) is 0 Å². The van der Waals surface area contributed by atoms with Gasteiger partial charge in [0, 0.05) is 17.8 Å². The smallest absolute Gasteiger partial charge is 0.348 e. The second kappa shape index (κ2) is 5.89. The largest absolute Gasteiger partial charge is 0.410 e. The van der Waals surface area contributed by atoms with Gasteiger partial charge >= 0.3 is 6.18 Å². The van der Waals surface area contributed by atoms with E-state index >= 15 is 0 Å². The predicted octanol–water partition coefficient (Wildman–Crippen LogP) is 2.77. The zero-order valence-corrected chi connectivity index (χ0v) is 13.4. The Hall–Kier alpha value is -1.87. The van der Waals surface area contributed by atoms with Gasteiger partial charge in [0.25, 0.3) is 0 Å². The van der Waals surface area contributed by atoms with E-state index in [2.05, 4.69) is 9.97 Å². The Kier molecular flexibility index (Phi) is 4.16. The number of fused-ring (bicyclic) bond motifs is 1. The highest BCUT2D eigenvalue weighted by atomic mass is 32.2. The topological polar surface area (TPSA) is 88.8 Å². The van der Waals surface area contributed by atoms with Crippen molar-refractivity contribution in [2.24, 2.45) is 5.14 Å². The minimum absolute atomic E-state index is 0.134. The molecule has 0 saturated heterocycles. The molecule has 9 heteroatoms. The number of alkyl halides is 3. The SMILES string of the molecule is NS(=O)(=O)C(c1cccc2c1CCCC2c1cnc[nH]1)C(F)(F)F. The molecule has 1 aromatic heterocycles. The van der Waals surface area contributed by atoms with Gasteiger partial charge in [0.1, 0.15) is 0 Å². The summed E-state index contributed by atoms with van der Waals surface area (Å²) in [5.74, 6) is -0.134. The van der Waals surface area contributed by atoms with E-state index in [1.165, 1.54) is 18.5 Å². The fraction of sp³-hybridized carbons (Fsp3) is 0.400. The van der Waals surface area contributed by atoms with Crippen molar-refractivity contribution in [1.82, 2.24) is 9.97 Å². The van der Waals surface area contributed by atoms with Crippen LogP contribution in [-0.4, -0.2) is 24.6 Å². The number of primary sulfonamides is 1. The Morgan fingerprint density at radius 1 is 1.33 bits per heavy atom. The van der Waals surface area contributed by atoms with Crippen LogP contribution in [0.4, 0.5) is 13.2 Å². The molecule has 0 radical (unpaired) electrons. The van der Waals surface area contributed by atoms with Crippen molar-refractivity contribution in [3.63, 3.8) is 0 Å². The third-order valence-corrected chi connectivity index (χ3v) is 5.52. The Morgan fingerprint density at radius 2 is 2.08 bits per heavy atom. The van der Waals surface area contributed by atoms with E-state index in [1.807, 2.05) is 0 Å². The molecule has 1 aliphatic carbocycles. The third-order valence-electron chi connectivity index (χ3n) is 4.35. The molecule has 0 aliphatic heterocycles. The Bertz CT molecular complexity index is 832. The van der Waals surface area contributed by atoms with Crippen molar-refractivity contribution < 1.29 is 21.6 Å². The average molecular weight is 359 g/mol. The molecule has 1 heterocycles. The fourth-order valence-corrected chi connectivity index (χ4v) is 4.39. The molecule has 2 atom stereocenters. The van der Waals surface area contributed by atoms with Crippen molar-refractivity contribution in [2.75, 3.05) is 0 Å². The summed E-state index contributed by atoms with van der Waals surface area (Å²) < 4.78 is 63.3. The van der Waals surface area contributed by atoms with Gasteiger partial charge in [0.05, 0.1) is 6.33 Å². The normalized spacial score (nSPS) is 19.8. The molecule has 1 aliphatic rings. The highest BCUT2D eigenvalue weighted by Crippen LogP contribution is 2.44. The van der Waals surface area contributed by atoms with Gasteiger partial charge in [0.2, 0.25) is 10.0 Å². The number of imidazole rings is 1. The van der Waals surface area contributed by atoms with E-state index in [-0.39, 0.29) is 11.5 Å². The fourth-order valence-electron chi connectivity index (χ4n) is 3.44. The van der Waals surface area contributed by atoms with Gasteiger partial charge in [-0.15, -0.1) is 0 Å². The summed E-state index contributed by atoms with van der Waals surface area (Å²) in [4.78, 5) is 6.94. The van der Waals surface area contributed by atoms with Crippen LogP contribution in [0.3, 0.4) is 0 Å². The molecule has 0 amide bonds. The highest BCUT2D eigenvalue weighted by Gasteiger charge is 2.49. The minimum Gasteiger partial charge on any atom is -0.348 e. The van der Waals surface area contributed by atoms with E-state index in [1.54, 1.807) is 12.3 Å². The maximum absolute atomic E-state index is 13.4. The van der Waals surface area contributed by atoms with E-state index in [9.17, 15) is 21.6 Å². The van der Waals surface area contributed by atoms with Gasteiger partial charge < -0.3 is 4.98 Å². The number of hydrogen-bond donors (Lipinski definition) is 2. The zero-order valence-electron chi connectivity index (χ0n) is 12.5. The predicted molar refractivity (Wildman–Crippen MR) is 81.7 cm³/mol. The molecule has 0 bridgehead atoms. The third kappa shape index (κ3) is 3.05. The molecule has 2 aromatic rings. The molecule has 0 fully saturated rings. The summed E-state index contributed by atoms with van der Waals surface area (Å²) >= 11 is 0. The molecular formula is C15H16F3N3O2S. The van der Waals surface area contributed by atoms with Crippen LogP contribution < -0.4 is 5.14 Å². The summed E-state index contributed by atoms with van der Waals surface area (Å²) in [5.41, 5.74) is 1.64. The molecular weight excluding hydrogens is 343 g/mol.